The van der Waals surface area contributed by atoms with Gasteiger partial charge in [0.2, 0.25) is 0 Å². The van der Waals surface area contributed by atoms with Gasteiger partial charge in [-0.05, 0) is 61.5 Å². The molecule has 0 amide bonds. The van der Waals surface area contributed by atoms with Crippen LogP contribution in [0.15, 0.2) is 24.3 Å². The van der Waals surface area contributed by atoms with Crippen LogP contribution in [-0.2, 0) is 6.42 Å². The Morgan fingerprint density at radius 1 is 1.16 bits per heavy atom. The summed E-state index contributed by atoms with van der Waals surface area (Å²) in [4.78, 5) is 4.42. The van der Waals surface area contributed by atoms with Gasteiger partial charge in [-0.3, -0.25) is 10.8 Å². The molecule has 1 spiro atoms. The molecule has 1 aromatic carbocycles. The summed E-state index contributed by atoms with van der Waals surface area (Å²) in [6.45, 7) is 6.84. The molecule has 0 radical (unpaired) electrons. The Labute approximate surface area is 220 Å². The van der Waals surface area contributed by atoms with Crippen LogP contribution in [0.2, 0.25) is 0 Å². The number of anilines is 2. The molecule has 1 aromatic heterocycles. The normalized spacial score (nSPS) is 21.0. The van der Waals surface area contributed by atoms with Gasteiger partial charge < -0.3 is 20.3 Å². The molecular weight excluding hydrogens is 495 g/mol. The van der Waals surface area contributed by atoms with Crippen molar-refractivity contribution in [2.24, 2.45) is 16.6 Å². The third kappa shape index (κ3) is 5.12. The Hall–Kier alpha value is -3.08. The van der Waals surface area contributed by atoms with E-state index in [2.05, 4.69) is 28.4 Å². The fourth-order valence-corrected chi connectivity index (χ4v) is 6.46. The molecule has 1 saturated heterocycles. The standard InChI is InChI=1S/C27H36F3N7O/c1-25(2)8-7-20-21(35(3)16-25)24(36-11-9-26(10-12-36)14-18(31)15-26)34-37(23(20)33)22(32)17-5-4-6-19(13-17)38-27(28,29)30/h4-6,13,18,32-33H,7-12,14-16,31H2,1-3H3. The molecule has 0 atom stereocenters. The molecule has 206 valence electrons. The number of alkyl halides is 3. The Balaban J connectivity index is 1.56. The Bertz CT molecular complexity index is 1290. The average molecular weight is 532 g/mol. The smallest absolute Gasteiger partial charge is 0.406 e. The number of hydrogen-bond donors (Lipinski definition) is 3. The zero-order valence-corrected chi connectivity index (χ0v) is 22.2. The molecular formula is C27H36F3N7O. The summed E-state index contributed by atoms with van der Waals surface area (Å²) < 4.78 is 43.8. The maximum absolute atomic E-state index is 12.8. The third-order valence-electron chi connectivity index (χ3n) is 8.36. The van der Waals surface area contributed by atoms with E-state index in [9.17, 15) is 13.2 Å². The van der Waals surface area contributed by atoms with Gasteiger partial charge in [-0.2, -0.15) is 4.68 Å². The lowest BCUT2D eigenvalue weighted by molar-refractivity contribution is -0.274. The molecule has 3 heterocycles. The highest BCUT2D eigenvalue weighted by Gasteiger charge is 2.45. The van der Waals surface area contributed by atoms with Crippen LogP contribution in [0, 0.1) is 21.6 Å². The van der Waals surface area contributed by atoms with Gasteiger partial charge in [-0.15, -0.1) is 18.3 Å². The first-order valence-electron chi connectivity index (χ1n) is 13.1. The van der Waals surface area contributed by atoms with E-state index in [1.165, 1.54) is 22.9 Å². The number of aromatic nitrogens is 2. The lowest BCUT2D eigenvalue weighted by Gasteiger charge is -2.51. The van der Waals surface area contributed by atoms with Gasteiger partial charge in [0.05, 0.1) is 5.69 Å². The van der Waals surface area contributed by atoms with Gasteiger partial charge in [0.1, 0.15) is 5.75 Å². The predicted octanol–water partition coefficient (Wildman–Crippen LogP) is 4.25. The van der Waals surface area contributed by atoms with Crippen LogP contribution in [0.1, 0.15) is 57.1 Å². The molecule has 2 fully saturated rings. The van der Waals surface area contributed by atoms with Crippen LogP contribution < -0.4 is 25.8 Å². The quantitative estimate of drug-likeness (QED) is 0.406. The molecule has 38 heavy (non-hydrogen) atoms. The lowest BCUT2D eigenvalue weighted by Crippen LogP contribution is -2.52. The van der Waals surface area contributed by atoms with E-state index in [0.717, 1.165) is 74.9 Å². The van der Waals surface area contributed by atoms with Gasteiger partial charge in [0.25, 0.3) is 0 Å². The first kappa shape index (κ1) is 26.5. The van der Waals surface area contributed by atoms with Crippen molar-refractivity contribution in [3.05, 3.63) is 40.9 Å². The van der Waals surface area contributed by atoms with Crippen molar-refractivity contribution in [1.29, 1.82) is 10.8 Å². The van der Waals surface area contributed by atoms with E-state index in [-0.39, 0.29) is 28.3 Å². The maximum Gasteiger partial charge on any atom is 0.573 e. The van der Waals surface area contributed by atoms with Crippen LogP contribution in [0.25, 0.3) is 0 Å². The fraction of sp³-hybridized carbons (Fsp3) is 0.593. The highest BCUT2D eigenvalue weighted by molar-refractivity contribution is 5.98. The molecule has 8 nitrogen and oxygen atoms in total. The molecule has 3 aliphatic rings. The van der Waals surface area contributed by atoms with E-state index in [4.69, 9.17) is 21.7 Å². The van der Waals surface area contributed by atoms with E-state index in [0.29, 0.717) is 11.8 Å². The number of hydrogen-bond acceptors (Lipinski definition) is 7. The van der Waals surface area contributed by atoms with Crippen molar-refractivity contribution in [3.8, 4) is 5.75 Å². The number of nitrogens with zero attached hydrogens (tertiary/aromatic N) is 4. The highest BCUT2D eigenvalue weighted by atomic mass is 19.4. The Kier molecular flexibility index (Phi) is 6.48. The first-order valence-corrected chi connectivity index (χ1v) is 13.1. The van der Waals surface area contributed by atoms with Crippen molar-refractivity contribution in [2.45, 2.75) is 64.8 Å². The average Bonchev–Trinajstić information content (AvgIpc) is 2.93. The van der Waals surface area contributed by atoms with Crippen molar-refractivity contribution in [3.63, 3.8) is 0 Å². The van der Waals surface area contributed by atoms with Crippen LogP contribution in [0.4, 0.5) is 24.7 Å². The number of rotatable bonds is 3. The highest BCUT2D eigenvalue weighted by Crippen LogP contribution is 2.49. The van der Waals surface area contributed by atoms with Crippen molar-refractivity contribution < 1.29 is 17.9 Å². The second-order valence-corrected chi connectivity index (χ2v) is 12.0. The topological polar surface area (TPSA) is 107 Å². The molecule has 1 aliphatic carbocycles. The zero-order chi connectivity index (χ0) is 27.5. The molecule has 1 saturated carbocycles. The van der Waals surface area contributed by atoms with E-state index >= 15 is 0 Å². The van der Waals surface area contributed by atoms with E-state index < -0.39 is 12.1 Å². The molecule has 4 N–H and O–H groups in total. The summed E-state index contributed by atoms with van der Waals surface area (Å²) in [5.41, 5.74) is 8.42. The van der Waals surface area contributed by atoms with Crippen molar-refractivity contribution >= 4 is 17.3 Å². The van der Waals surface area contributed by atoms with E-state index in [1.54, 1.807) is 0 Å². The molecule has 0 bridgehead atoms. The van der Waals surface area contributed by atoms with Crippen molar-refractivity contribution in [1.82, 2.24) is 9.78 Å². The minimum Gasteiger partial charge on any atom is -0.406 e. The number of fused-ring (bicyclic) bond motifs is 1. The second-order valence-electron chi connectivity index (χ2n) is 12.0. The summed E-state index contributed by atoms with van der Waals surface area (Å²) in [6.07, 6.45) is 0.811. The van der Waals surface area contributed by atoms with E-state index in [1.807, 2.05) is 7.05 Å². The summed E-state index contributed by atoms with van der Waals surface area (Å²) in [5, 5.41) is 22.8. The number of piperidine rings is 1. The lowest BCUT2D eigenvalue weighted by atomic mass is 9.61. The Morgan fingerprint density at radius 2 is 1.84 bits per heavy atom. The molecule has 2 aromatic rings. The van der Waals surface area contributed by atoms with Crippen LogP contribution in [-0.4, -0.2) is 54.7 Å². The van der Waals surface area contributed by atoms with Crippen LogP contribution in [0.3, 0.4) is 0 Å². The molecule has 11 heteroatoms. The van der Waals surface area contributed by atoms with Crippen LogP contribution in [0.5, 0.6) is 5.75 Å². The zero-order valence-electron chi connectivity index (χ0n) is 22.2. The molecule has 0 unspecified atom stereocenters. The molecule has 2 aliphatic heterocycles. The summed E-state index contributed by atoms with van der Waals surface area (Å²) in [5.74, 6) is 0.141. The summed E-state index contributed by atoms with van der Waals surface area (Å²) in [6, 6.07) is 5.58. The van der Waals surface area contributed by atoms with Gasteiger partial charge in [0, 0.05) is 43.9 Å². The van der Waals surface area contributed by atoms with Gasteiger partial charge in [-0.25, -0.2) is 0 Å². The third-order valence-corrected chi connectivity index (χ3v) is 8.36. The number of ether oxygens (including phenoxy) is 1. The fourth-order valence-electron chi connectivity index (χ4n) is 6.46. The number of halogens is 3. The minimum absolute atomic E-state index is 0.0209. The summed E-state index contributed by atoms with van der Waals surface area (Å²) >= 11 is 0. The largest absolute Gasteiger partial charge is 0.573 e. The first-order chi connectivity index (χ1) is 17.8. The van der Waals surface area contributed by atoms with Crippen LogP contribution >= 0.6 is 0 Å². The number of nitrogens with one attached hydrogen (secondary N) is 2. The number of nitrogens with two attached hydrogens (primary N) is 1. The second kappa shape index (κ2) is 9.29. The summed E-state index contributed by atoms with van der Waals surface area (Å²) in [7, 11) is 2.03. The number of benzene rings is 1. The van der Waals surface area contributed by atoms with Gasteiger partial charge >= 0.3 is 6.36 Å². The SMILES string of the molecule is CN1CC(C)(C)CCc2c1c(N1CCC3(CC1)CC(N)C3)nn(C(=N)c1cccc(OC(F)(F)F)c1)c2=N. The molecule has 5 rings (SSSR count). The van der Waals surface area contributed by atoms with Gasteiger partial charge in [0.15, 0.2) is 17.1 Å². The Morgan fingerprint density at radius 3 is 2.47 bits per heavy atom. The minimum atomic E-state index is -4.84. The van der Waals surface area contributed by atoms with Gasteiger partial charge in [-0.1, -0.05) is 26.0 Å². The predicted molar refractivity (Wildman–Crippen MR) is 140 cm³/mol. The van der Waals surface area contributed by atoms with Crippen molar-refractivity contribution in [2.75, 3.05) is 36.5 Å². The monoisotopic (exact) mass is 531 g/mol. The maximum atomic E-state index is 12.8.